The van der Waals surface area contributed by atoms with Gasteiger partial charge in [-0.25, -0.2) is 4.79 Å². The molecule has 0 aliphatic carbocycles. The Morgan fingerprint density at radius 2 is 2.26 bits per heavy atom. The molecule has 5 heteroatoms. The third kappa shape index (κ3) is 4.58. The van der Waals surface area contributed by atoms with Crippen molar-refractivity contribution in [3.05, 3.63) is 34.9 Å². The number of hydrogen-bond acceptors (Lipinski definition) is 3. The number of carboxylic acids is 1. The molecule has 1 aromatic rings. The molecule has 1 unspecified atom stereocenters. The molecule has 0 saturated carbocycles. The molecule has 0 radical (unpaired) electrons. The van der Waals surface area contributed by atoms with Crippen molar-refractivity contribution in [2.24, 2.45) is 0 Å². The van der Waals surface area contributed by atoms with Crippen LogP contribution in [-0.4, -0.2) is 37.9 Å². The first-order valence-electron chi connectivity index (χ1n) is 5.88. The van der Waals surface area contributed by atoms with Gasteiger partial charge in [-0.15, -0.1) is 0 Å². The number of carboxylic acid groups (broad SMARTS) is 1. The number of benzene rings is 1. The number of carbonyl (C=O) groups is 1. The van der Waals surface area contributed by atoms with Crippen LogP contribution >= 0.6 is 11.6 Å². The molecule has 0 spiro atoms. The molecule has 0 aliphatic heterocycles. The van der Waals surface area contributed by atoms with Crippen LogP contribution in [0.1, 0.15) is 12.5 Å². The molecule has 0 aromatic heterocycles. The van der Waals surface area contributed by atoms with Gasteiger partial charge in [-0.05, 0) is 30.7 Å². The summed E-state index contributed by atoms with van der Waals surface area (Å²) in [6.07, 6.45) is 2.55. The molecule has 1 atom stereocenters. The van der Waals surface area contributed by atoms with Crippen molar-refractivity contribution in [3.8, 4) is 0 Å². The Morgan fingerprint density at radius 1 is 1.58 bits per heavy atom. The third-order valence-corrected chi connectivity index (χ3v) is 3.19. The van der Waals surface area contributed by atoms with Crippen molar-refractivity contribution in [1.82, 2.24) is 0 Å². The van der Waals surface area contributed by atoms with Gasteiger partial charge >= 0.3 is 5.97 Å². The fourth-order valence-corrected chi connectivity index (χ4v) is 1.88. The van der Waals surface area contributed by atoms with E-state index in [2.05, 4.69) is 11.8 Å². The van der Waals surface area contributed by atoms with Crippen LogP contribution in [0.3, 0.4) is 0 Å². The van der Waals surface area contributed by atoms with E-state index in [-0.39, 0.29) is 6.04 Å². The standard InChI is InChI=1S/C14H18ClNO3/c1-10(9-19-3)16(2)12-6-4-11(13(15)8-12)5-7-14(17)18/h4-8,10H,9H2,1-3H3,(H,17,18)/b7-5+. The minimum atomic E-state index is -0.994. The van der Waals surface area contributed by atoms with E-state index >= 15 is 0 Å². The lowest BCUT2D eigenvalue weighted by molar-refractivity contribution is -0.131. The summed E-state index contributed by atoms with van der Waals surface area (Å²) in [4.78, 5) is 12.5. The van der Waals surface area contributed by atoms with Gasteiger partial charge in [0.2, 0.25) is 0 Å². The summed E-state index contributed by atoms with van der Waals surface area (Å²) in [5.41, 5.74) is 1.64. The number of hydrogen-bond donors (Lipinski definition) is 1. The molecule has 0 fully saturated rings. The van der Waals surface area contributed by atoms with E-state index in [1.807, 2.05) is 19.2 Å². The van der Waals surface area contributed by atoms with Gasteiger partial charge < -0.3 is 14.7 Å². The van der Waals surface area contributed by atoms with Crippen LogP contribution in [0.25, 0.3) is 6.08 Å². The molecular formula is C14H18ClNO3. The van der Waals surface area contributed by atoms with E-state index in [0.717, 1.165) is 11.8 Å². The third-order valence-electron chi connectivity index (χ3n) is 2.87. The van der Waals surface area contributed by atoms with E-state index in [1.165, 1.54) is 6.08 Å². The van der Waals surface area contributed by atoms with Gasteiger partial charge in [0.1, 0.15) is 0 Å². The van der Waals surface area contributed by atoms with Crippen molar-refractivity contribution in [2.75, 3.05) is 25.7 Å². The van der Waals surface area contributed by atoms with Crippen molar-refractivity contribution in [2.45, 2.75) is 13.0 Å². The zero-order chi connectivity index (χ0) is 14.4. The highest BCUT2D eigenvalue weighted by Crippen LogP contribution is 2.25. The Labute approximate surface area is 118 Å². The molecular weight excluding hydrogens is 266 g/mol. The van der Waals surface area contributed by atoms with Crippen LogP contribution in [0, 0.1) is 0 Å². The van der Waals surface area contributed by atoms with Gasteiger partial charge in [-0.3, -0.25) is 0 Å². The zero-order valence-corrected chi connectivity index (χ0v) is 12.0. The van der Waals surface area contributed by atoms with Gasteiger partial charge in [0.15, 0.2) is 0 Å². The second kappa shape index (κ2) is 7.16. The van der Waals surface area contributed by atoms with Crippen molar-refractivity contribution in [3.63, 3.8) is 0 Å². The quantitative estimate of drug-likeness (QED) is 0.816. The van der Waals surface area contributed by atoms with Crippen LogP contribution in [0.2, 0.25) is 5.02 Å². The molecule has 1 rings (SSSR count). The Kier molecular flexibility index (Phi) is 5.86. The molecule has 0 saturated heterocycles. The maximum absolute atomic E-state index is 10.5. The Hall–Kier alpha value is -1.52. The van der Waals surface area contributed by atoms with Gasteiger partial charge in [0.05, 0.1) is 6.61 Å². The first-order valence-corrected chi connectivity index (χ1v) is 6.25. The number of aliphatic carboxylic acids is 1. The van der Waals surface area contributed by atoms with E-state index < -0.39 is 5.97 Å². The summed E-state index contributed by atoms with van der Waals surface area (Å²) in [5, 5.41) is 9.11. The number of methoxy groups -OCH3 is 1. The number of halogens is 1. The first-order chi connectivity index (χ1) is 8.95. The molecule has 104 valence electrons. The lowest BCUT2D eigenvalue weighted by atomic mass is 10.1. The van der Waals surface area contributed by atoms with Crippen LogP contribution in [-0.2, 0) is 9.53 Å². The van der Waals surface area contributed by atoms with Crippen molar-refractivity contribution < 1.29 is 14.6 Å². The number of likely N-dealkylation sites (N-methyl/N-ethyl adjacent to an activating group) is 1. The minimum absolute atomic E-state index is 0.224. The van der Waals surface area contributed by atoms with E-state index in [4.69, 9.17) is 21.4 Å². The van der Waals surface area contributed by atoms with Gasteiger partial charge in [0, 0.05) is 37.0 Å². The SMILES string of the molecule is COCC(C)N(C)c1ccc(/C=C/C(=O)O)c(Cl)c1. The average Bonchev–Trinajstić information content (AvgIpc) is 2.36. The predicted molar refractivity (Wildman–Crippen MR) is 77.9 cm³/mol. The molecule has 4 nitrogen and oxygen atoms in total. The summed E-state index contributed by atoms with van der Waals surface area (Å²) in [6, 6.07) is 5.74. The minimum Gasteiger partial charge on any atom is -0.478 e. The highest BCUT2D eigenvalue weighted by Gasteiger charge is 2.10. The molecule has 1 N–H and O–H groups in total. The lowest BCUT2D eigenvalue weighted by Crippen LogP contribution is -2.32. The smallest absolute Gasteiger partial charge is 0.328 e. The fourth-order valence-electron chi connectivity index (χ4n) is 1.64. The monoisotopic (exact) mass is 283 g/mol. The number of anilines is 1. The Bertz CT molecular complexity index is 474. The normalized spacial score (nSPS) is 12.6. The fraction of sp³-hybridized carbons (Fsp3) is 0.357. The van der Waals surface area contributed by atoms with Gasteiger partial charge in [0.25, 0.3) is 0 Å². The number of ether oxygens (including phenoxy) is 1. The largest absolute Gasteiger partial charge is 0.478 e. The summed E-state index contributed by atoms with van der Waals surface area (Å²) < 4.78 is 5.11. The molecule has 0 aliphatic rings. The van der Waals surface area contributed by atoms with Crippen LogP contribution in [0.15, 0.2) is 24.3 Å². The molecule has 0 amide bonds. The second-order valence-corrected chi connectivity index (χ2v) is 4.70. The van der Waals surface area contributed by atoms with E-state index in [9.17, 15) is 4.79 Å². The summed E-state index contributed by atoms with van der Waals surface area (Å²) >= 11 is 6.14. The predicted octanol–water partition coefficient (Wildman–Crippen LogP) is 2.91. The highest BCUT2D eigenvalue weighted by atomic mass is 35.5. The number of nitrogens with zero attached hydrogens (tertiary/aromatic N) is 1. The molecule has 19 heavy (non-hydrogen) atoms. The number of rotatable bonds is 6. The Balaban J connectivity index is 2.90. The molecule has 0 heterocycles. The highest BCUT2D eigenvalue weighted by molar-refractivity contribution is 6.32. The van der Waals surface area contributed by atoms with Crippen LogP contribution in [0.4, 0.5) is 5.69 Å². The van der Waals surface area contributed by atoms with Crippen LogP contribution < -0.4 is 4.90 Å². The average molecular weight is 284 g/mol. The van der Waals surface area contributed by atoms with E-state index in [0.29, 0.717) is 17.2 Å². The summed E-state index contributed by atoms with van der Waals surface area (Å²) in [5.74, 6) is -0.994. The molecule has 1 aromatic carbocycles. The Morgan fingerprint density at radius 3 is 2.79 bits per heavy atom. The first kappa shape index (κ1) is 15.5. The van der Waals surface area contributed by atoms with Crippen molar-refractivity contribution in [1.29, 1.82) is 0 Å². The maximum atomic E-state index is 10.5. The second-order valence-electron chi connectivity index (χ2n) is 4.29. The van der Waals surface area contributed by atoms with Crippen molar-refractivity contribution >= 4 is 29.3 Å². The topological polar surface area (TPSA) is 49.8 Å². The van der Waals surface area contributed by atoms with Gasteiger partial charge in [-0.1, -0.05) is 17.7 Å². The van der Waals surface area contributed by atoms with Gasteiger partial charge in [-0.2, -0.15) is 0 Å². The summed E-state index contributed by atoms with van der Waals surface area (Å²) in [6.45, 7) is 2.67. The lowest BCUT2D eigenvalue weighted by Gasteiger charge is -2.26. The van der Waals surface area contributed by atoms with E-state index in [1.54, 1.807) is 13.2 Å². The zero-order valence-electron chi connectivity index (χ0n) is 11.3. The molecule has 0 bridgehead atoms. The van der Waals surface area contributed by atoms with Crippen LogP contribution in [0.5, 0.6) is 0 Å². The maximum Gasteiger partial charge on any atom is 0.328 e. The summed E-state index contributed by atoms with van der Waals surface area (Å²) in [7, 11) is 3.62.